The van der Waals surface area contributed by atoms with E-state index in [-0.39, 0.29) is 5.75 Å². The molecule has 0 bridgehead atoms. The minimum Gasteiger partial charge on any atom is -0.508 e. The van der Waals surface area contributed by atoms with Crippen LogP contribution in [0.1, 0.15) is 22.3 Å². The van der Waals surface area contributed by atoms with E-state index in [1.165, 1.54) is 0 Å². The van der Waals surface area contributed by atoms with Gasteiger partial charge in [0, 0.05) is 23.4 Å². The Hall–Kier alpha value is -2.16. The number of rotatable bonds is 3. The molecule has 19 heavy (non-hydrogen) atoms. The molecule has 3 N–H and O–H groups in total. The molecule has 0 aliphatic rings. The maximum atomic E-state index is 9.89. The Kier molecular flexibility index (Phi) is 3.65. The number of nitrogens with one attached hydrogen (secondary N) is 1. The van der Waals surface area contributed by atoms with Crippen molar-refractivity contribution in [1.82, 2.24) is 0 Å². The van der Waals surface area contributed by atoms with Crippen LogP contribution in [0, 0.1) is 20.8 Å². The predicted octanol–water partition coefficient (Wildman–Crippen LogP) is 3.64. The van der Waals surface area contributed by atoms with E-state index in [4.69, 9.17) is 0 Å². The highest BCUT2D eigenvalue weighted by Gasteiger charge is 2.07. The van der Waals surface area contributed by atoms with Crippen LogP contribution in [0.15, 0.2) is 30.3 Å². The van der Waals surface area contributed by atoms with Crippen LogP contribution in [-0.4, -0.2) is 10.2 Å². The molecule has 2 rings (SSSR count). The summed E-state index contributed by atoms with van der Waals surface area (Å²) in [5.41, 5.74) is 4.52. The molecular weight excluding hydrogens is 238 g/mol. The molecule has 0 saturated carbocycles. The number of phenolic OH excluding ortho intramolecular Hbond substituents is 2. The highest BCUT2D eigenvalue weighted by atomic mass is 16.3. The number of benzene rings is 2. The first-order valence-corrected chi connectivity index (χ1v) is 6.30. The van der Waals surface area contributed by atoms with Crippen molar-refractivity contribution in [2.45, 2.75) is 27.3 Å². The molecule has 2 aromatic rings. The van der Waals surface area contributed by atoms with Crippen LogP contribution in [0.25, 0.3) is 0 Å². The lowest BCUT2D eigenvalue weighted by Gasteiger charge is -2.13. The molecule has 0 spiro atoms. The zero-order valence-electron chi connectivity index (χ0n) is 11.5. The fourth-order valence-corrected chi connectivity index (χ4v) is 2.07. The third-order valence-corrected chi connectivity index (χ3v) is 3.34. The topological polar surface area (TPSA) is 52.5 Å². The van der Waals surface area contributed by atoms with E-state index in [1.54, 1.807) is 6.07 Å². The Labute approximate surface area is 113 Å². The summed E-state index contributed by atoms with van der Waals surface area (Å²) in [7, 11) is 0. The Balaban J connectivity index is 2.19. The van der Waals surface area contributed by atoms with Crippen molar-refractivity contribution in [3.63, 3.8) is 0 Å². The second-order valence-electron chi connectivity index (χ2n) is 4.89. The molecule has 0 radical (unpaired) electrons. The average molecular weight is 257 g/mol. The largest absolute Gasteiger partial charge is 0.508 e. The summed E-state index contributed by atoms with van der Waals surface area (Å²) in [6.45, 7) is 6.27. The Bertz CT molecular complexity index is 606. The second-order valence-corrected chi connectivity index (χ2v) is 4.89. The standard InChI is InChI=1S/C16H19NO2/c1-10-4-7-15(18)13(8-10)9-17-14-6-5-11(2)16(19)12(14)3/h4-8,17-19H,9H2,1-3H3. The van der Waals surface area contributed by atoms with E-state index in [9.17, 15) is 10.2 Å². The molecule has 0 atom stereocenters. The molecule has 3 heteroatoms. The van der Waals surface area contributed by atoms with Gasteiger partial charge in [0.15, 0.2) is 0 Å². The lowest BCUT2D eigenvalue weighted by atomic mass is 10.1. The highest BCUT2D eigenvalue weighted by Crippen LogP contribution is 2.29. The van der Waals surface area contributed by atoms with E-state index in [1.807, 2.05) is 45.0 Å². The molecule has 0 saturated heterocycles. The van der Waals surface area contributed by atoms with E-state index in [0.29, 0.717) is 12.3 Å². The molecule has 2 aromatic carbocycles. The Morgan fingerprint density at radius 2 is 1.74 bits per heavy atom. The summed E-state index contributed by atoms with van der Waals surface area (Å²) >= 11 is 0. The summed E-state index contributed by atoms with van der Waals surface area (Å²) < 4.78 is 0. The number of aromatic hydroxyl groups is 2. The molecule has 0 aliphatic heterocycles. The molecule has 0 fully saturated rings. The van der Waals surface area contributed by atoms with Crippen molar-refractivity contribution in [2.24, 2.45) is 0 Å². The van der Waals surface area contributed by atoms with Crippen molar-refractivity contribution in [3.05, 3.63) is 52.6 Å². The number of anilines is 1. The molecular formula is C16H19NO2. The quantitative estimate of drug-likeness (QED) is 0.787. The summed E-state index contributed by atoms with van der Waals surface area (Å²) in [6, 6.07) is 9.34. The Morgan fingerprint density at radius 1 is 1.00 bits per heavy atom. The minimum absolute atomic E-state index is 0.284. The van der Waals surface area contributed by atoms with Crippen molar-refractivity contribution >= 4 is 5.69 Å². The first-order chi connectivity index (χ1) is 8.99. The Morgan fingerprint density at radius 3 is 2.47 bits per heavy atom. The molecule has 3 nitrogen and oxygen atoms in total. The number of phenols is 2. The first kappa shape index (κ1) is 13.3. The summed E-state index contributed by atoms with van der Waals surface area (Å²) in [4.78, 5) is 0. The van der Waals surface area contributed by atoms with Gasteiger partial charge in [0.1, 0.15) is 11.5 Å². The fourth-order valence-electron chi connectivity index (χ4n) is 2.07. The van der Waals surface area contributed by atoms with Crippen LogP contribution >= 0.6 is 0 Å². The smallest absolute Gasteiger partial charge is 0.123 e. The molecule has 0 aliphatic carbocycles. The van der Waals surface area contributed by atoms with Crippen LogP contribution in [0.2, 0.25) is 0 Å². The van der Waals surface area contributed by atoms with Crippen molar-refractivity contribution in [3.8, 4) is 11.5 Å². The SMILES string of the molecule is Cc1ccc(O)c(CNc2ccc(C)c(O)c2C)c1. The van der Waals surface area contributed by atoms with Gasteiger partial charge < -0.3 is 15.5 Å². The van der Waals surface area contributed by atoms with Gasteiger partial charge in [-0.2, -0.15) is 0 Å². The van der Waals surface area contributed by atoms with Gasteiger partial charge in [-0.3, -0.25) is 0 Å². The number of hydrogen-bond donors (Lipinski definition) is 3. The van der Waals surface area contributed by atoms with Crippen LogP contribution < -0.4 is 5.32 Å². The monoisotopic (exact) mass is 257 g/mol. The van der Waals surface area contributed by atoms with Gasteiger partial charge >= 0.3 is 0 Å². The fraction of sp³-hybridized carbons (Fsp3) is 0.250. The van der Waals surface area contributed by atoms with Gasteiger partial charge in [-0.05, 0) is 38.5 Å². The molecule has 0 heterocycles. The third-order valence-electron chi connectivity index (χ3n) is 3.34. The zero-order valence-corrected chi connectivity index (χ0v) is 11.5. The zero-order chi connectivity index (χ0) is 14.0. The van der Waals surface area contributed by atoms with Crippen LogP contribution in [0.5, 0.6) is 11.5 Å². The van der Waals surface area contributed by atoms with Gasteiger partial charge in [0.05, 0.1) is 0 Å². The lowest BCUT2D eigenvalue weighted by Crippen LogP contribution is -2.02. The second kappa shape index (κ2) is 5.22. The van der Waals surface area contributed by atoms with Crippen molar-refractivity contribution in [1.29, 1.82) is 0 Å². The van der Waals surface area contributed by atoms with Crippen LogP contribution in [0.4, 0.5) is 5.69 Å². The van der Waals surface area contributed by atoms with Crippen molar-refractivity contribution in [2.75, 3.05) is 5.32 Å². The molecule has 100 valence electrons. The van der Waals surface area contributed by atoms with Crippen molar-refractivity contribution < 1.29 is 10.2 Å². The average Bonchev–Trinajstić information content (AvgIpc) is 2.39. The van der Waals surface area contributed by atoms with Gasteiger partial charge in [-0.25, -0.2) is 0 Å². The van der Waals surface area contributed by atoms with E-state index >= 15 is 0 Å². The van der Waals surface area contributed by atoms with E-state index < -0.39 is 0 Å². The van der Waals surface area contributed by atoms with Crippen LogP contribution in [-0.2, 0) is 6.54 Å². The van der Waals surface area contributed by atoms with Gasteiger partial charge in [-0.15, -0.1) is 0 Å². The minimum atomic E-state index is 0.284. The maximum Gasteiger partial charge on any atom is 0.123 e. The molecule has 0 aromatic heterocycles. The van der Waals surface area contributed by atoms with Crippen LogP contribution in [0.3, 0.4) is 0 Å². The number of hydrogen-bond acceptors (Lipinski definition) is 3. The van der Waals surface area contributed by atoms with E-state index in [2.05, 4.69) is 5.32 Å². The van der Waals surface area contributed by atoms with Gasteiger partial charge in [0.25, 0.3) is 0 Å². The summed E-state index contributed by atoms with van der Waals surface area (Å²) in [5.74, 6) is 0.602. The first-order valence-electron chi connectivity index (χ1n) is 6.30. The normalized spacial score (nSPS) is 10.5. The van der Waals surface area contributed by atoms with E-state index in [0.717, 1.165) is 27.9 Å². The highest BCUT2D eigenvalue weighted by molar-refractivity contribution is 5.59. The predicted molar refractivity (Wildman–Crippen MR) is 77.8 cm³/mol. The molecule has 0 amide bonds. The molecule has 0 unspecified atom stereocenters. The lowest BCUT2D eigenvalue weighted by molar-refractivity contribution is 0.467. The third kappa shape index (κ3) is 2.81. The maximum absolute atomic E-state index is 9.89. The summed E-state index contributed by atoms with van der Waals surface area (Å²) in [5, 5.41) is 22.9. The summed E-state index contributed by atoms with van der Waals surface area (Å²) in [6.07, 6.45) is 0. The van der Waals surface area contributed by atoms with Gasteiger partial charge in [-0.1, -0.05) is 23.8 Å². The van der Waals surface area contributed by atoms with Gasteiger partial charge in [0.2, 0.25) is 0 Å². The number of aryl methyl sites for hydroxylation is 2.